The molecule has 174 valence electrons. The zero-order chi connectivity index (χ0) is 24.0. The fourth-order valence-electron chi connectivity index (χ4n) is 4.04. The number of carbonyl (C=O) groups excluding carboxylic acids is 1. The first-order valence-electron chi connectivity index (χ1n) is 10.2. The van der Waals surface area contributed by atoms with Crippen molar-refractivity contribution in [1.82, 2.24) is 14.5 Å². The Morgan fingerprint density at radius 3 is 2.62 bits per heavy atom. The summed E-state index contributed by atoms with van der Waals surface area (Å²) >= 11 is 0. The molecular formula is C23H17F4N5O2. The largest absolute Gasteiger partial charge is 0.416 e. The maximum Gasteiger partial charge on any atom is 0.416 e. The lowest BCUT2D eigenvalue weighted by Gasteiger charge is -2.12. The van der Waals surface area contributed by atoms with Crippen molar-refractivity contribution in [1.29, 1.82) is 0 Å². The van der Waals surface area contributed by atoms with Crippen molar-refractivity contribution in [2.24, 2.45) is 0 Å². The van der Waals surface area contributed by atoms with E-state index < -0.39 is 29.9 Å². The Bertz CT molecular complexity index is 1410. The minimum Gasteiger partial charge on any atom is -0.382 e. The van der Waals surface area contributed by atoms with Crippen molar-refractivity contribution >= 4 is 28.4 Å². The van der Waals surface area contributed by atoms with Crippen LogP contribution in [0.15, 0.2) is 48.8 Å². The second kappa shape index (κ2) is 8.10. The Balaban J connectivity index is 1.38. The summed E-state index contributed by atoms with van der Waals surface area (Å²) in [5.41, 5.74) is 9.09. The molecule has 0 atom stereocenters. The first-order valence-corrected chi connectivity index (χ1v) is 10.2. The minimum atomic E-state index is -4.63. The summed E-state index contributed by atoms with van der Waals surface area (Å²) in [4.78, 5) is 20.8. The van der Waals surface area contributed by atoms with E-state index in [2.05, 4.69) is 15.3 Å². The van der Waals surface area contributed by atoms with Crippen LogP contribution in [-0.2, 0) is 35.3 Å². The zero-order valence-corrected chi connectivity index (χ0v) is 17.5. The van der Waals surface area contributed by atoms with Gasteiger partial charge < -0.3 is 20.4 Å². The number of ether oxygens (including phenoxy) is 1. The Morgan fingerprint density at radius 1 is 1.12 bits per heavy atom. The molecule has 5 rings (SSSR count). The average molecular weight is 471 g/mol. The highest BCUT2D eigenvalue weighted by Gasteiger charge is 2.31. The SMILES string of the molecule is Nc1ncnc2c3c(n(-c4ccc(NC(=O)Cc5cc(C(F)(F)F)ccc5F)cc4)c12)COC3. The summed E-state index contributed by atoms with van der Waals surface area (Å²) in [6.45, 7) is 0.793. The third kappa shape index (κ3) is 3.83. The number of carbonyl (C=O) groups is 1. The molecule has 0 fully saturated rings. The molecule has 0 aliphatic carbocycles. The van der Waals surface area contributed by atoms with Gasteiger partial charge in [0.25, 0.3) is 0 Å². The Morgan fingerprint density at radius 2 is 1.88 bits per heavy atom. The summed E-state index contributed by atoms with van der Waals surface area (Å²) in [5.74, 6) is -1.21. The number of anilines is 2. The summed E-state index contributed by atoms with van der Waals surface area (Å²) in [7, 11) is 0. The van der Waals surface area contributed by atoms with E-state index in [1.165, 1.54) is 6.33 Å². The average Bonchev–Trinajstić information content (AvgIpc) is 3.37. The maximum atomic E-state index is 14.0. The van der Waals surface area contributed by atoms with Gasteiger partial charge in [0, 0.05) is 16.9 Å². The molecule has 2 aromatic carbocycles. The van der Waals surface area contributed by atoms with Crippen LogP contribution in [0.25, 0.3) is 16.7 Å². The van der Waals surface area contributed by atoms with Gasteiger partial charge in [0.1, 0.15) is 23.2 Å². The van der Waals surface area contributed by atoms with Crippen molar-refractivity contribution < 1.29 is 27.1 Å². The van der Waals surface area contributed by atoms with Gasteiger partial charge in [0.2, 0.25) is 5.91 Å². The predicted octanol–water partition coefficient (Wildman–Crippen LogP) is 4.37. The normalized spacial score (nSPS) is 13.3. The van der Waals surface area contributed by atoms with Crippen molar-refractivity contribution in [3.63, 3.8) is 0 Å². The fraction of sp³-hybridized carbons (Fsp3) is 0.174. The minimum absolute atomic E-state index is 0.319. The van der Waals surface area contributed by atoms with Crippen molar-refractivity contribution in [2.75, 3.05) is 11.1 Å². The predicted molar refractivity (Wildman–Crippen MR) is 116 cm³/mol. The van der Waals surface area contributed by atoms with Crippen LogP contribution in [0.1, 0.15) is 22.4 Å². The molecule has 4 aromatic rings. The number of aromatic nitrogens is 3. The van der Waals surface area contributed by atoms with Gasteiger partial charge in [-0.1, -0.05) is 0 Å². The molecule has 11 heteroatoms. The number of rotatable bonds is 4. The number of halogens is 4. The molecule has 1 aliphatic heterocycles. The second-order valence-corrected chi connectivity index (χ2v) is 7.79. The Labute approximate surface area is 190 Å². The quantitative estimate of drug-likeness (QED) is 0.431. The molecule has 3 heterocycles. The zero-order valence-electron chi connectivity index (χ0n) is 17.5. The number of hydrogen-bond acceptors (Lipinski definition) is 5. The number of fused-ring (bicyclic) bond motifs is 3. The smallest absolute Gasteiger partial charge is 0.382 e. The number of amides is 1. The summed E-state index contributed by atoms with van der Waals surface area (Å²) in [5, 5.41) is 2.58. The Hall–Kier alpha value is -3.99. The molecule has 1 aliphatic rings. The van der Waals surface area contributed by atoms with E-state index in [0.717, 1.165) is 16.9 Å². The molecule has 1 amide bonds. The van der Waals surface area contributed by atoms with Gasteiger partial charge in [-0.2, -0.15) is 13.2 Å². The molecule has 0 radical (unpaired) electrons. The fourth-order valence-corrected chi connectivity index (χ4v) is 4.04. The summed E-state index contributed by atoms with van der Waals surface area (Å²) < 4.78 is 60.1. The van der Waals surface area contributed by atoms with Gasteiger partial charge in [-0.25, -0.2) is 14.4 Å². The maximum absolute atomic E-state index is 14.0. The van der Waals surface area contributed by atoms with E-state index >= 15 is 0 Å². The number of nitrogens with zero attached hydrogens (tertiary/aromatic N) is 3. The highest BCUT2D eigenvalue weighted by atomic mass is 19.4. The van der Waals surface area contributed by atoms with Gasteiger partial charge in [-0.15, -0.1) is 0 Å². The van der Waals surface area contributed by atoms with E-state index in [9.17, 15) is 22.4 Å². The lowest BCUT2D eigenvalue weighted by Crippen LogP contribution is -2.16. The molecule has 0 saturated carbocycles. The molecule has 3 N–H and O–H groups in total. The third-order valence-corrected chi connectivity index (χ3v) is 5.60. The van der Waals surface area contributed by atoms with Crippen LogP contribution in [-0.4, -0.2) is 20.4 Å². The van der Waals surface area contributed by atoms with Crippen molar-refractivity contribution in [3.8, 4) is 5.69 Å². The van der Waals surface area contributed by atoms with Crippen LogP contribution >= 0.6 is 0 Å². The Kier molecular flexibility index (Phi) is 5.20. The monoisotopic (exact) mass is 471 g/mol. The lowest BCUT2D eigenvalue weighted by atomic mass is 10.1. The highest BCUT2D eigenvalue weighted by molar-refractivity contribution is 5.93. The second-order valence-electron chi connectivity index (χ2n) is 7.79. The highest BCUT2D eigenvalue weighted by Crippen LogP contribution is 2.35. The molecule has 34 heavy (non-hydrogen) atoms. The van der Waals surface area contributed by atoms with Crippen LogP contribution < -0.4 is 11.1 Å². The topological polar surface area (TPSA) is 95.1 Å². The van der Waals surface area contributed by atoms with E-state index in [1.54, 1.807) is 24.3 Å². The molecule has 0 bridgehead atoms. The summed E-state index contributed by atoms with van der Waals surface area (Å²) in [6.07, 6.45) is -3.78. The van der Waals surface area contributed by atoms with E-state index in [1.807, 2.05) is 4.57 Å². The molecular weight excluding hydrogens is 454 g/mol. The number of alkyl halides is 3. The number of nitrogen functional groups attached to an aromatic ring is 1. The van der Waals surface area contributed by atoms with Crippen LogP contribution in [0.3, 0.4) is 0 Å². The van der Waals surface area contributed by atoms with Crippen LogP contribution in [0.2, 0.25) is 0 Å². The lowest BCUT2D eigenvalue weighted by molar-refractivity contribution is -0.137. The number of hydrogen-bond donors (Lipinski definition) is 2. The van der Waals surface area contributed by atoms with Gasteiger partial charge in [0.15, 0.2) is 5.82 Å². The van der Waals surface area contributed by atoms with Gasteiger partial charge in [-0.05, 0) is 48.0 Å². The van der Waals surface area contributed by atoms with Crippen molar-refractivity contribution in [2.45, 2.75) is 25.8 Å². The van der Waals surface area contributed by atoms with Crippen molar-refractivity contribution in [3.05, 3.63) is 77.0 Å². The van der Waals surface area contributed by atoms with Crippen LogP contribution in [0.4, 0.5) is 29.1 Å². The molecule has 0 saturated heterocycles. The molecule has 0 unspecified atom stereocenters. The standard InChI is InChI=1S/C23H17F4N5O2/c24-17-6-1-13(23(25,26)27)7-12(17)8-19(33)31-14-2-4-15(5-3-14)32-18-10-34-9-16(18)20-21(32)22(28)30-11-29-20/h1-7,11H,8-10H2,(H,31,33)(H2,28,29,30). The first-order chi connectivity index (χ1) is 16.2. The van der Waals surface area contributed by atoms with Gasteiger partial charge >= 0.3 is 6.18 Å². The van der Waals surface area contributed by atoms with Crippen LogP contribution in [0, 0.1) is 5.82 Å². The van der Waals surface area contributed by atoms with E-state index in [0.29, 0.717) is 54.0 Å². The number of nitrogens with two attached hydrogens (primary N) is 1. The van der Waals surface area contributed by atoms with Gasteiger partial charge in [-0.3, -0.25) is 4.79 Å². The first kappa shape index (κ1) is 21.8. The number of nitrogens with one attached hydrogen (secondary N) is 1. The van der Waals surface area contributed by atoms with E-state index in [-0.39, 0.29) is 5.56 Å². The molecule has 2 aromatic heterocycles. The van der Waals surface area contributed by atoms with E-state index in [4.69, 9.17) is 10.5 Å². The third-order valence-electron chi connectivity index (χ3n) is 5.60. The van der Waals surface area contributed by atoms with Crippen LogP contribution in [0.5, 0.6) is 0 Å². The summed E-state index contributed by atoms with van der Waals surface area (Å²) in [6, 6.07) is 8.73. The molecule has 0 spiro atoms. The van der Waals surface area contributed by atoms with Gasteiger partial charge in [0.05, 0.1) is 30.9 Å². The number of benzene rings is 2. The molecule has 7 nitrogen and oxygen atoms in total.